The van der Waals surface area contributed by atoms with E-state index in [1.165, 1.54) is 5.57 Å². The predicted molar refractivity (Wildman–Crippen MR) is 101 cm³/mol. The summed E-state index contributed by atoms with van der Waals surface area (Å²) in [5.41, 5.74) is 10.7. The van der Waals surface area contributed by atoms with Crippen LogP contribution in [0.2, 0.25) is 0 Å². The molecule has 25 heavy (non-hydrogen) atoms. The highest BCUT2D eigenvalue weighted by Crippen LogP contribution is 2.29. The predicted octanol–water partition coefficient (Wildman–Crippen LogP) is 4.13. The second-order valence-corrected chi connectivity index (χ2v) is 6.07. The van der Waals surface area contributed by atoms with Crippen LogP contribution in [0.25, 0.3) is 16.5 Å². The van der Waals surface area contributed by atoms with Crippen LogP contribution in [0.3, 0.4) is 0 Å². The summed E-state index contributed by atoms with van der Waals surface area (Å²) >= 11 is 0. The number of nitrogen functional groups attached to an aromatic ring is 1. The van der Waals surface area contributed by atoms with Gasteiger partial charge in [0.1, 0.15) is 0 Å². The first-order valence-corrected chi connectivity index (χ1v) is 8.22. The molecule has 0 radical (unpaired) electrons. The Kier molecular flexibility index (Phi) is 3.82. The fourth-order valence-electron chi connectivity index (χ4n) is 3.02. The molecule has 2 aromatic carbocycles. The Morgan fingerprint density at radius 3 is 2.92 bits per heavy atom. The molecule has 0 bridgehead atoms. The van der Waals surface area contributed by atoms with Crippen molar-refractivity contribution in [2.75, 3.05) is 11.1 Å². The highest BCUT2D eigenvalue weighted by molar-refractivity contribution is 6.06. The summed E-state index contributed by atoms with van der Waals surface area (Å²) in [7, 11) is 0. The zero-order valence-corrected chi connectivity index (χ0v) is 13.6. The smallest absolute Gasteiger partial charge is 0.255 e. The van der Waals surface area contributed by atoms with Gasteiger partial charge in [0.2, 0.25) is 0 Å². The minimum absolute atomic E-state index is 0.184. The molecule has 1 amide bonds. The largest absolute Gasteiger partial charge is 0.399 e. The van der Waals surface area contributed by atoms with Crippen LogP contribution in [-0.4, -0.2) is 16.1 Å². The lowest BCUT2D eigenvalue weighted by molar-refractivity contribution is 0.102. The molecule has 0 fully saturated rings. The number of benzene rings is 2. The Morgan fingerprint density at radius 2 is 2.12 bits per heavy atom. The Labute approximate surface area is 145 Å². The molecule has 124 valence electrons. The lowest BCUT2D eigenvalue weighted by atomic mass is 9.99. The summed E-state index contributed by atoms with van der Waals surface area (Å²) in [6, 6.07) is 12.7. The number of carbonyl (C=O) groups excluding carboxylic acids is 1. The number of amides is 1. The number of aromatic amines is 1. The van der Waals surface area contributed by atoms with Crippen LogP contribution in [0.1, 0.15) is 28.9 Å². The van der Waals surface area contributed by atoms with E-state index in [1.54, 1.807) is 24.3 Å². The number of fused-ring (bicyclic) bond motifs is 1. The topological polar surface area (TPSA) is 83.8 Å². The number of nitrogens with two attached hydrogens (primary N) is 1. The number of aromatic nitrogens is 2. The van der Waals surface area contributed by atoms with Gasteiger partial charge in [0, 0.05) is 22.3 Å². The van der Waals surface area contributed by atoms with Crippen LogP contribution >= 0.6 is 0 Å². The van der Waals surface area contributed by atoms with Gasteiger partial charge in [0.25, 0.3) is 5.91 Å². The molecule has 0 atom stereocenters. The van der Waals surface area contributed by atoms with Crippen LogP contribution in [0.5, 0.6) is 0 Å². The van der Waals surface area contributed by atoms with Crippen LogP contribution in [-0.2, 0) is 0 Å². The van der Waals surface area contributed by atoms with Gasteiger partial charge in [-0.05, 0) is 54.8 Å². The normalized spacial score (nSPS) is 13.7. The average Bonchev–Trinajstić information content (AvgIpc) is 3.05. The number of nitrogens with zero attached hydrogens (tertiary/aromatic N) is 1. The monoisotopic (exact) mass is 330 g/mol. The van der Waals surface area contributed by atoms with E-state index in [-0.39, 0.29) is 5.91 Å². The second-order valence-electron chi connectivity index (χ2n) is 6.07. The number of nitrogens with one attached hydrogen (secondary N) is 2. The lowest BCUT2D eigenvalue weighted by Crippen LogP contribution is -2.12. The van der Waals surface area contributed by atoms with Gasteiger partial charge in [-0.25, -0.2) is 0 Å². The fourth-order valence-corrected chi connectivity index (χ4v) is 3.02. The zero-order chi connectivity index (χ0) is 17.2. The summed E-state index contributed by atoms with van der Waals surface area (Å²) in [5, 5.41) is 11.4. The molecule has 4 N–H and O–H groups in total. The third kappa shape index (κ3) is 3.04. The van der Waals surface area contributed by atoms with Crippen molar-refractivity contribution in [1.82, 2.24) is 10.2 Å². The van der Waals surface area contributed by atoms with Crippen molar-refractivity contribution >= 4 is 33.8 Å². The SMILES string of the molecule is Nc1cccc(C(=O)Nc2ccc3[nH]nc(C4=CC=CCC4)c3c2)c1. The highest BCUT2D eigenvalue weighted by Gasteiger charge is 2.13. The molecule has 5 nitrogen and oxygen atoms in total. The van der Waals surface area contributed by atoms with Crippen molar-refractivity contribution < 1.29 is 4.79 Å². The molecule has 0 unspecified atom stereocenters. The van der Waals surface area contributed by atoms with E-state index in [1.807, 2.05) is 18.2 Å². The lowest BCUT2D eigenvalue weighted by Gasteiger charge is -2.08. The fraction of sp³-hybridized carbons (Fsp3) is 0.100. The molecule has 3 aromatic rings. The maximum atomic E-state index is 12.4. The van der Waals surface area contributed by atoms with Crippen molar-refractivity contribution in [2.45, 2.75) is 12.8 Å². The molecule has 1 aromatic heterocycles. The van der Waals surface area contributed by atoms with Gasteiger partial charge in [0.15, 0.2) is 0 Å². The molecule has 0 saturated carbocycles. The Bertz CT molecular complexity index is 1010. The number of hydrogen-bond donors (Lipinski definition) is 3. The van der Waals surface area contributed by atoms with Gasteiger partial charge < -0.3 is 11.1 Å². The molecule has 0 aliphatic heterocycles. The van der Waals surface area contributed by atoms with Gasteiger partial charge in [-0.1, -0.05) is 24.3 Å². The molecule has 1 heterocycles. The molecule has 0 saturated heterocycles. The van der Waals surface area contributed by atoms with E-state index >= 15 is 0 Å². The highest BCUT2D eigenvalue weighted by atomic mass is 16.1. The first kappa shape index (κ1) is 15.2. The molecular weight excluding hydrogens is 312 g/mol. The van der Waals surface area contributed by atoms with Crippen LogP contribution < -0.4 is 11.1 Å². The summed E-state index contributed by atoms with van der Waals surface area (Å²) in [6.45, 7) is 0. The van der Waals surface area contributed by atoms with E-state index in [9.17, 15) is 4.79 Å². The summed E-state index contributed by atoms with van der Waals surface area (Å²) < 4.78 is 0. The Balaban J connectivity index is 1.65. The maximum absolute atomic E-state index is 12.4. The van der Waals surface area contributed by atoms with Gasteiger partial charge in [-0.2, -0.15) is 5.10 Å². The second kappa shape index (κ2) is 6.28. The maximum Gasteiger partial charge on any atom is 0.255 e. The van der Waals surface area contributed by atoms with Crippen LogP contribution in [0.4, 0.5) is 11.4 Å². The van der Waals surface area contributed by atoms with E-state index in [4.69, 9.17) is 5.73 Å². The third-order valence-corrected chi connectivity index (χ3v) is 4.29. The Hall–Kier alpha value is -3.34. The first-order chi connectivity index (χ1) is 12.2. The molecule has 5 heteroatoms. The minimum atomic E-state index is -0.184. The standard InChI is InChI=1S/C20H18N4O/c21-15-8-4-7-14(11-15)20(25)22-16-9-10-18-17(12-16)19(24-23-18)13-5-2-1-3-6-13/h1-2,4-5,7-12H,3,6,21H2,(H,22,25)(H,23,24). The average molecular weight is 330 g/mol. The number of anilines is 2. The number of H-pyrrole nitrogens is 1. The van der Waals surface area contributed by atoms with Crippen molar-refractivity contribution in [1.29, 1.82) is 0 Å². The first-order valence-electron chi connectivity index (χ1n) is 8.22. The summed E-state index contributed by atoms with van der Waals surface area (Å²) in [5.74, 6) is -0.184. The number of allylic oxidation sites excluding steroid dienone is 4. The number of hydrogen-bond acceptors (Lipinski definition) is 3. The van der Waals surface area contributed by atoms with Crippen molar-refractivity contribution in [3.63, 3.8) is 0 Å². The summed E-state index contributed by atoms with van der Waals surface area (Å²) in [4.78, 5) is 12.4. The molecule has 4 rings (SSSR count). The van der Waals surface area contributed by atoms with Crippen LogP contribution in [0, 0.1) is 0 Å². The van der Waals surface area contributed by atoms with E-state index in [0.717, 1.165) is 35.1 Å². The van der Waals surface area contributed by atoms with E-state index in [0.29, 0.717) is 11.3 Å². The zero-order valence-electron chi connectivity index (χ0n) is 13.6. The van der Waals surface area contributed by atoms with Crippen molar-refractivity contribution in [3.8, 4) is 0 Å². The van der Waals surface area contributed by atoms with Gasteiger partial charge >= 0.3 is 0 Å². The number of rotatable bonds is 3. The van der Waals surface area contributed by atoms with Gasteiger partial charge in [-0.3, -0.25) is 9.89 Å². The van der Waals surface area contributed by atoms with E-state index < -0.39 is 0 Å². The van der Waals surface area contributed by atoms with Crippen LogP contribution in [0.15, 0.2) is 60.7 Å². The molecular formula is C20H18N4O. The van der Waals surface area contributed by atoms with Gasteiger partial charge in [0.05, 0.1) is 11.2 Å². The minimum Gasteiger partial charge on any atom is -0.399 e. The van der Waals surface area contributed by atoms with E-state index in [2.05, 4.69) is 33.7 Å². The Morgan fingerprint density at radius 1 is 1.20 bits per heavy atom. The molecule has 1 aliphatic carbocycles. The quantitative estimate of drug-likeness (QED) is 0.631. The van der Waals surface area contributed by atoms with Crippen molar-refractivity contribution in [3.05, 3.63) is 72.0 Å². The molecule has 1 aliphatic rings. The summed E-state index contributed by atoms with van der Waals surface area (Å²) in [6.07, 6.45) is 8.29. The number of carbonyl (C=O) groups is 1. The molecule has 0 spiro atoms. The van der Waals surface area contributed by atoms with Gasteiger partial charge in [-0.15, -0.1) is 0 Å². The van der Waals surface area contributed by atoms with Crippen molar-refractivity contribution in [2.24, 2.45) is 0 Å². The third-order valence-electron chi connectivity index (χ3n) is 4.29.